The van der Waals surface area contributed by atoms with Crippen LogP contribution in [0.15, 0.2) is 79.0 Å². The predicted molar refractivity (Wildman–Crippen MR) is 152 cm³/mol. The molecule has 0 saturated carbocycles. The van der Waals surface area contributed by atoms with Crippen LogP contribution in [-0.2, 0) is 27.2 Å². The number of carbonyl (C=O) groups is 2. The molecule has 0 radical (unpaired) electrons. The molecule has 0 aliphatic heterocycles. The van der Waals surface area contributed by atoms with Gasteiger partial charge in [-0.1, -0.05) is 81.4 Å². The maximum atomic E-state index is 13.6. The number of esters is 1. The van der Waals surface area contributed by atoms with Crippen molar-refractivity contribution < 1.29 is 22.2 Å². The first-order chi connectivity index (χ1) is 19.3. The average molecular weight is 535 g/mol. The highest BCUT2D eigenvalue weighted by Gasteiger charge is 2.35. The SMILES string of the molecule is [2H]C([2H])(c1ccc(-c2ccccn2)cc1)N(C[C@H](O)[C@@H](N)Cc1ccccc1)NC(=O)[C@@H](CC(=O)OC)C(C)(C)C. The monoisotopic (exact) mass is 534 g/mol. The van der Waals surface area contributed by atoms with Gasteiger partial charge in [0.05, 0.1) is 34.0 Å². The molecule has 0 saturated heterocycles. The first-order valence-corrected chi connectivity index (χ1v) is 13.0. The van der Waals surface area contributed by atoms with Crippen LogP contribution in [0.3, 0.4) is 0 Å². The third-order valence-corrected chi connectivity index (χ3v) is 6.49. The summed E-state index contributed by atoms with van der Waals surface area (Å²) in [5, 5.41) is 12.1. The van der Waals surface area contributed by atoms with Gasteiger partial charge in [0.1, 0.15) is 0 Å². The van der Waals surface area contributed by atoms with Gasteiger partial charge in [-0.15, -0.1) is 0 Å². The molecule has 3 atom stereocenters. The van der Waals surface area contributed by atoms with Crippen molar-refractivity contribution in [2.24, 2.45) is 17.1 Å². The van der Waals surface area contributed by atoms with Crippen molar-refractivity contribution in [1.29, 1.82) is 0 Å². The molecule has 3 rings (SSSR count). The molecule has 8 heteroatoms. The fraction of sp³-hybridized carbons (Fsp3) is 0.387. The summed E-state index contributed by atoms with van der Waals surface area (Å²) in [6.45, 7) is 2.91. The Labute approximate surface area is 234 Å². The molecule has 3 aromatic rings. The highest BCUT2D eigenvalue weighted by molar-refractivity contribution is 5.84. The molecule has 1 amide bonds. The number of hydrazine groups is 1. The van der Waals surface area contributed by atoms with Crippen LogP contribution in [-0.4, -0.2) is 52.8 Å². The Morgan fingerprint density at radius 3 is 2.31 bits per heavy atom. The van der Waals surface area contributed by atoms with Crippen LogP contribution in [0.4, 0.5) is 0 Å². The highest BCUT2D eigenvalue weighted by atomic mass is 16.5. The van der Waals surface area contributed by atoms with Crippen LogP contribution in [0.2, 0.25) is 0 Å². The van der Waals surface area contributed by atoms with E-state index in [0.717, 1.165) is 21.8 Å². The molecule has 0 aliphatic carbocycles. The fourth-order valence-electron chi connectivity index (χ4n) is 4.12. The van der Waals surface area contributed by atoms with Gasteiger partial charge in [-0.3, -0.25) is 20.0 Å². The molecule has 39 heavy (non-hydrogen) atoms. The van der Waals surface area contributed by atoms with E-state index < -0.39 is 41.9 Å². The third-order valence-electron chi connectivity index (χ3n) is 6.49. The number of methoxy groups -OCH3 is 1. The van der Waals surface area contributed by atoms with Gasteiger partial charge in [0.25, 0.3) is 0 Å². The molecule has 2 aromatic carbocycles. The number of ether oxygens (including phenoxy) is 1. The number of pyridine rings is 1. The first-order valence-electron chi connectivity index (χ1n) is 14.0. The zero-order valence-corrected chi connectivity index (χ0v) is 23.0. The number of nitrogens with two attached hydrogens (primary N) is 1. The van der Waals surface area contributed by atoms with Gasteiger partial charge in [-0.05, 0) is 35.1 Å². The third kappa shape index (κ3) is 9.28. The number of carbonyl (C=O) groups excluding carboxylic acids is 2. The molecular weight excluding hydrogens is 492 g/mol. The van der Waals surface area contributed by atoms with E-state index in [1.165, 1.54) is 7.11 Å². The molecule has 1 heterocycles. The number of aliphatic hydroxyl groups is 1. The number of amides is 1. The Morgan fingerprint density at radius 1 is 1.05 bits per heavy atom. The number of aromatic nitrogens is 1. The van der Waals surface area contributed by atoms with Crippen molar-refractivity contribution in [3.63, 3.8) is 0 Å². The maximum absolute atomic E-state index is 13.6. The summed E-state index contributed by atoms with van der Waals surface area (Å²) in [6, 6.07) is 21.0. The van der Waals surface area contributed by atoms with Crippen LogP contribution in [0.5, 0.6) is 0 Å². The van der Waals surface area contributed by atoms with E-state index in [0.29, 0.717) is 6.42 Å². The van der Waals surface area contributed by atoms with Gasteiger partial charge >= 0.3 is 5.97 Å². The van der Waals surface area contributed by atoms with Crippen LogP contribution < -0.4 is 11.2 Å². The van der Waals surface area contributed by atoms with Gasteiger partial charge < -0.3 is 15.6 Å². The zero-order valence-electron chi connectivity index (χ0n) is 25.0. The minimum atomic E-state index is -2.25. The van der Waals surface area contributed by atoms with Crippen molar-refractivity contribution in [3.8, 4) is 11.3 Å². The Hall–Kier alpha value is -3.59. The van der Waals surface area contributed by atoms with Crippen LogP contribution in [0, 0.1) is 11.3 Å². The lowest BCUT2D eigenvalue weighted by Gasteiger charge is -2.33. The first kappa shape index (κ1) is 27.0. The predicted octanol–water partition coefficient (Wildman–Crippen LogP) is 3.74. The van der Waals surface area contributed by atoms with Gasteiger partial charge in [0.2, 0.25) is 5.91 Å². The Kier molecular flexibility index (Phi) is 9.68. The maximum Gasteiger partial charge on any atom is 0.306 e. The van der Waals surface area contributed by atoms with Crippen molar-refractivity contribution in [3.05, 3.63) is 90.1 Å². The van der Waals surface area contributed by atoms with Crippen LogP contribution in [0.1, 0.15) is 41.1 Å². The fourth-order valence-corrected chi connectivity index (χ4v) is 4.12. The number of hydrogen-bond donors (Lipinski definition) is 3. The second-order valence-corrected chi connectivity index (χ2v) is 10.6. The zero-order chi connectivity index (χ0) is 30.2. The standard InChI is InChI=1S/C31H40N4O4/c1-31(2,3)25(19-29(37)39-4)30(38)34-35(21-28(36)26(32)18-22-10-6-5-7-11-22)20-23-13-15-24(16-14-23)27-12-8-9-17-33-27/h5-17,25-26,28,36H,18-21,32H2,1-4H3,(H,34,38)/t25-,26+,28+/m1/s1/i20D2. The minimum absolute atomic E-state index is 0.183. The van der Waals surface area contributed by atoms with E-state index in [-0.39, 0.29) is 18.5 Å². The summed E-state index contributed by atoms with van der Waals surface area (Å²) < 4.78 is 22.9. The van der Waals surface area contributed by atoms with Crippen molar-refractivity contribution in [1.82, 2.24) is 15.4 Å². The van der Waals surface area contributed by atoms with E-state index in [2.05, 4.69) is 10.4 Å². The lowest BCUT2D eigenvalue weighted by molar-refractivity contribution is -0.148. The number of benzene rings is 2. The Bertz CT molecular complexity index is 1270. The van der Waals surface area contributed by atoms with Crippen LogP contribution in [0.25, 0.3) is 11.3 Å². The smallest absolute Gasteiger partial charge is 0.306 e. The molecule has 0 spiro atoms. The number of aliphatic hydroxyl groups excluding tert-OH is 1. The molecule has 8 nitrogen and oxygen atoms in total. The van der Waals surface area contributed by atoms with Crippen molar-refractivity contribution in [2.75, 3.05) is 13.7 Å². The van der Waals surface area contributed by atoms with Crippen molar-refractivity contribution >= 4 is 11.9 Å². The molecule has 1 aromatic heterocycles. The summed E-state index contributed by atoms with van der Waals surface area (Å²) in [5.74, 6) is -1.94. The van der Waals surface area contributed by atoms with Gasteiger partial charge in [0, 0.05) is 30.8 Å². The lowest BCUT2D eigenvalue weighted by Crippen LogP contribution is -2.53. The molecule has 0 unspecified atom stereocenters. The average Bonchev–Trinajstić information content (AvgIpc) is 2.95. The topological polar surface area (TPSA) is 118 Å². The summed E-state index contributed by atoms with van der Waals surface area (Å²) in [4.78, 5) is 30.0. The largest absolute Gasteiger partial charge is 0.469 e. The quantitative estimate of drug-likeness (QED) is 0.239. The van der Waals surface area contributed by atoms with Gasteiger partial charge in [-0.2, -0.15) is 0 Å². The Morgan fingerprint density at radius 2 is 1.72 bits per heavy atom. The van der Waals surface area contributed by atoms with E-state index in [4.69, 9.17) is 13.2 Å². The molecule has 4 N–H and O–H groups in total. The lowest BCUT2D eigenvalue weighted by atomic mass is 9.78. The summed E-state index contributed by atoms with van der Waals surface area (Å²) in [5.41, 5.74) is 11.1. The summed E-state index contributed by atoms with van der Waals surface area (Å²) in [7, 11) is 1.25. The molecule has 0 fully saturated rings. The molecule has 0 aliphatic rings. The van der Waals surface area contributed by atoms with E-state index in [9.17, 15) is 14.7 Å². The minimum Gasteiger partial charge on any atom is -0.469 e. The molecule has 208 valence electrons. The summed E-state index contributed by atoms with van der Waals surface area (Å²) in [6.07, 6.45) is 0.669. The van der Waals surface area contributed by atoms with E-state index in [1.807, 2.05) is 69.3 Å². The van der Waals surface area contributed by atoms with Crippen molar-refractivity contribution in [2.45, 2.75) is 52.3 Å². The normalized spacial score (nSPS) is 15.1. The molecule has 0 bridgehead atoms. The number of nitrogens with one attached hydrogen (secondary N) is 1. The summed E-state index contributed by atoms with van der Waals surface area (Å²) >= 11 is 0. The number of hydrogen-bond acceptors (Lipinski definition) is 7. The van der Waals surface area contributed by atoms with Gasteiger partial charge in [0.15, 0.2) is 0 Å². The second-order valence-electron chi connectivity index (χ2n) is 10.6. The van der Waals surface area contributed by atoms with E-state index in [1.54, 1.807) is 30.5 Å². The molecular formula is C31H40N4O4. The van der Waals surface area contributed by atoms with E-state index >= 15 is 0 Å². The van der Waals surface area contributed by atoms with Gasteiger partial charge in [-0.25, -0.2) is 5.01 Å². The highest BCUT2D eigenvalue weighted by Crippen LogP contribution is 2.29. The van der Waals surface area contributed by atoms with Crippen LogP contribution >= 0.6 is 0 Å². The second kappa shape index (κ2) is 14.0. The number of rotatable bonds is 12. The number of nitrogens with zero attached hydrogens (tertiary/aromatic N) is 2. The Balaban J connectivity index is 1.91.